The Morgan fingerprint density at radius 2 is 0.842 bits per heavy atom. The zero-order valence-electron chi connectivity index (χ0n) is 20.5. The lowest BCUT2D eigenvalue weighted by Gasteiger charge is -2.15. The Morgan fingerprint density at radius 3 is 1.18 bits per heavy atom. The van der Waals surface area contributed by atoms with Crippen molar-refractivity contribution in [2.75, 3.05) is 13.1 Å². The molecule has 4 aromatic rings. The lowest BCUT2D eigenvalue weighted by Crippen LogP contribution is -2.26. The van der Waals surface area contributed by atoms with E-state index in [1.54, 1.807) is 60.7 Å². The second-order valence-electron chi connectivity index (χ2n) is 8.44. The fourth-order valence-corrected chi connectivity index (χ4v) is 4.01. The van der Waals surface area contributed by atoms with Gasteiger partial charge in [-0.2, -0.15) is 0 Å². The van der Waals surface area contributed by atoms with Crippen molar-refractivity contribution in [3.63, 3.8) is 0 Å². The Bertz CT molecular complexity index is 1320. The minimum atomic E-state index is -0.126. The number of nitrogens with one attached hydrogen (secondary N) is 2. The van der Waals surface area contributed by atoms with Crippen molar-refractivity contribution in [3.8, 4) is 0 Å². The first kappa shape index (κ1) is 26.9. The van der Waals surface area contributed by atoms with Gasteiger partial charge in [-0.25, -0.2) is 0 Å². The monoisotopic (exact) mass is 540 g/mol. The Labute approximate surface area is 232 Å². The number of carbonyl (C=O) groups excluding carboxylic acids is 2. The minimum Gasteiger partial charge on any atom is -0.383 e. The Balaban J connectivity index is 1.48. The molecule has 4 rings (SSSR count). The van der Waals surface area contributed by atoms with Crippen molar-refractivity contribution in [1.82, 2.24) is 10.6 Å². The maximum atomic E-state index is 12.9. The second kappa shape index (κ2) is 13.4. The molecule has 4 nitrogen and oxygen atoms in total. The van der Waals surface area contributed by atoms with Crippen LogP contribution in [-0.2, 0) is 0 Å². The molecule has 4 aromatic carbocycles. The van der Waals surface area contributed by atoms with E-state index >= 15 is 0 Å². The summed E-state index contributed by atoms with van der Waals surface area (Å²) in [6.07, 6.45) is 3.19. The number of hydrogen-bond donors (Lipinski definition) is 2. The maximum absolute atomic E-state index is 12.9. The van der Waals surface area contributed by atoms with Crippen LogP contribution in [0, 0.1) is 0 Å². The van der Waals surface area contributed by atoms with Gasteiger partial charge in [0.25, 0.3) is 0 Å². The lowest BCUT2D eigenvalue weighted by atomic mass is 10.1. The van der Waals surface area contributed by atoms with E-state index < -0.39 is 0 Å². The summed E-state index contributed by atoms with van der Waals surface area (Å²) in [6.45, 7) is 1.02. The topological polar surface area (TPSA) is 58.2 Å². The molecule has 2 N–H and O–H groups in total. The van der Waals surface area contributed by atoms with Gasteiger partial charge in [-0.05, 0) is 59.7 Å². The van der Waals surface area contributed by atoms with Crippen LogP contribution in [-0.4, -0.2) is 24.7 Å². The molecule has 0 aromatic heterocycles. The van der Waals surface area contributed by atoms with Crippen LogP contribution in [0.25, 0.3) is 11.4 Å². The average Bonchev–Trinajstić information content (AvgIpc) is 2.95. The quantitative estimate of drug-likeness (QED) is 0.119. The minimum absolute atomic E-state index is 0.126. The zero-order chi connectivity index (χ0) is 26.7. The predicted octanol–water partition coefficient (Wildman–Crippen LogP) is 7.32. The van der Waals surface area contributed by atoms with E-state index in [0.717, 1.165) is 11.1 Å². The summed E-state index contributed by atoms with van der Waals surface area (Å²) < 4.78 is 0. The van der Waals surface area contributed by atoms with E-state index in [1.807, 2.05) is 60.7 Å². The molecule has 0 atom stereocenters. The predicted molar refractivity (Wildman–Crippen MR) is 156 cm³/mol. The molecule has 38 heavy (non-hydrogen) atoms. The van der Waals surface area contributed by atoms with Gasteiger partial charge in [0.2, 0.25) is 0 Å². The highest BCUT2D eigenvalue weighted by Gasteiger charge is 2.10. The van der Waals surface area contributed by atoms with Gasteiger partial charge >= 0.3 is 0 Å². The number of allylic oxidation sites excluding steroid dienone is 2. The van der Waals surface area contributed by atoms with Gasteiger partial charge in [0.1, 0.15) is 0 Å². The van der Waals surface area contributed by atoms with Crippen LogP contribution in [0.15, 0.2) is 121 Å². The summed E-state index contributed by atoms with van der Waals surface area (Å²) in [5.41, 5.74) is 4.30. The number of ketones is 2. The molecule has 0 radical (unpaired) electrons. The standard InChI is InChI=1S/C32H26Cl2N2O2/c33-27-15-11-25(12-16-27)31(37)21-29(23-7-3-1-4-8-23)35-19-20-36-30(24-9-5-2-6-10-24)22-32(38)26-13-17-28(34)18-14-26/h1-18,21-22,35-36H,19-20H2/b29-21-,30-22-. The Hall–Kier alpha value is -4.12. The summed E-state index contributed by atoms with van der Waals surface area (Å²) in [4.78, 5) is 25.8. The molecule has 190 valence electrons. The second-order valence-corrected chi connectivity index (χ2v) is 9.32. The number of rotatable bonds is 11. The molecule has 0 saturated heterocycles. The fraction of sp³-hybridized carbons (Fsp3) is 0.0625. The van der Waals surface area contributed by atoms with Gasteiger partial charge in [-0.1, -0.05) is 83.9 Å². The van der Waals surface area contributed by atoms with E-state index in [-0.39, 0.29) is 11.6 Å². The highest BCUT2D eigenvalue weighted by Crippen LogP contribution is 2.17. The molecule has 0 unspecified atom stereocenters. The summed E-state index contributed by atoms with van der Waals surface area (Å²) >= 11 is 11.9. The van der Waals surface area contributed by atoms with Gasteiger partial charge in [0.05, 0.1) is 0 Å². The number of hydrogen-bond acceptors (Lipinski definition) is 4. The first-order chi connectivity index (χ1) is 18.5. The van der Waals surface area contributed by atoms with Crippen LogP contribution in [0.3, 0.4) is 0 Å². The van der Waals surface area contributed by atoms with Crippen molar-refractivity contribution in [3.05, 3.63) is 154 Å². The third-order valence-corrected chi connectivity index (χ3v) is 6.24. The molecule has 0 fully saturated rings. The summed E-state index contributed by atoms with van der Waals surface area (Å²) in [6, 6.07) is 33.0. The van der Waals surface area contributed by atoms with Gasteiger partial charge in [-0.15, -0.1) is 0 Å². The smallest absolute Gasteiger partial charge is 0.187 e. The van der Waals surface area contributed by atoms with Crippen molar-refractivity contribution >= 4 is 46.2 Å². The van der Waals surface area contributed by atoms with Gasteiger partial charge < -0.3 is 10.6 Å². The van der Waals surface area contributed by atoms with Crippen LogP contribution in [0.5, 0.6) is 0 Å². The first-order valence-corrected chi connectivity index (χ1v) is 12.9. The van der Waals surface area contributed by atoms with Crippen LogP contribution >= 0.6 is 23.2 Å². The zero-order valence-corrected chi connectivity index (χ0v) is 22.0. The Kier molecular flexibility index (Phi) is 9.52. The van der Waals surface area contributed by atoms with Gasteiger partial charge in [0, 0.05) is 57.8 Å². The van der Waals surface area contributed by atoms with Crippen molar-refractivity contribution in [2.24, 2.45) is 0 Å². The van der Waals surface area contributed by atoms with Gasteiger partial charge in [0.15, 0.2) is 11.6 Å². The van der Waals surface area contributed by atoms with E-state index in [1.165, 1.54) is 0 Å². The number of benzene rings is 4. The number of halogens is 2. The van der Waals surface area contributed by atoms with Gasteiger partial charge in [-0.3, -0.25) is 9.59 Å². The summed E-state index contributed by atoms with van der Waals surface area (Å²) in [7, 11) is 0. The SMILES string of the molecule is O=C(/C=C(\NCCN/C(=C\C(=O)c1ccc(Cl)cc1)c1ccccc1)c1ccccc1)c1ccc(Cl)cc1. The van der Waals surface area contributed by atoms with E-state index in [9.17, 15) is 9.59 Å². The third-order valence-electron chi connectivity index (χ3n) is 5.73. The largest absolute Gasteiger partial charge is 0.383 e. The highest BCUT2D eigenvalue weighted by atomic mass is 35.5. The molecule has 0 heterocycles. The highest BCUT2D eigenvalue weighted by molar-refractivity contribution is 6.31. The normalized spacial score (nSPS) is 11.6. The van der Waals surface area contributed by atoms with Crippen LogP contribution in [0.2, 0.25) is 10.0 Å². The molecule has 0 aliphatic carbocycles. The molecule has 0 aliphatic rings. The van der Waals surface area contributed by atoms with Crippen molar-refractivity contribution in [2.45, 2.75) is 0 Å². The molecule has 0 aliphatic heterocycles. The molecule has 0 saturated carbocycles. The van der Waals surface area contributed by atoms with Crippen molar-refractivity contribution in [1.29, 1.82) is 0 Å². The summed E-state index contributed by atoms with van der Waals surface area (Å²) in [5.74, 6) is -0.251. The molecule has 0 spiro atoms. The fourth-order valence-electron chi connectivity index (χ4n) is 3.76. The number of carbonyl (C=O) groups is 2. The summed E-state index contributed by atoms with van der Waals surface area (Å²) in [5, 5.41) is 7.90. The molecule has 6 heteroatoms. The van der Waals surface area contributed by atoms with E-state index in [2.05, 4.69) is 10.6 Å². The average molecular weight is 541 g/mol. The van der Waals surface area contributed by atoms with Crippen LogP contribution in [0.1, 0.15) is 31.8 Å². The van der Waals surface area contributed by atoms with Crippen LogP contribution < -0.4 is 10.6 Å². The van der Waals surface area contributed by atoms with Crippen LogP contribution in [0.4, 0.5) is 0 Å². The van der Waals surface area contributed by atoms with E-state index in [0.29, 0.717) is 45.7 Å². The molecular weight excluding hydrogens is 515 g/mol. The maximum Gasteiger partial charge on any atom is 0.187 e. The molecular formula is C32H26Cl2N2O2. The van der Waals surface area contributed by atoms with Crippen molar-refractivity contribution < 1.29 is 9.59 Å². The molecule has 0 amide bonds. The van der Waals surface area contributed by atoms with E-state index in [4.69, 9.17) is 23.2 Å². The first-order valence-electron chi connectivity index (χ1n) is 12.1. The third kappa shape index (κ3) is 7.69. The Morgan fingerprint density at radius 1 is 0.500 bits per heavy atom. The lowest BCUT2D eigenvalue weighted by molar-refractivity contribution is 0.103. The molecule has 0 bridgehead atoms.